The van der Waals surface area contributed by atoms with Gasteiger partial charge in [-0.2, -0.15) is 0 Å². The van der Waals surface area contributed by atoms with Crippen molar-refractivity contribution in [3.8, 4) is 5.75 Å². The van der Waals surface area contributed by atoms with Gasteiger partial charge in [-0.05, 0) is 31.6 Å². The highest BCUT2D eigenvalue weighted by atomic mass is 16.5. The fraction of sp³-hybridized carbons (Fsp3) is 0.680. The summed E-state index contributed by atoms with van der Waals surface area (Å²) in [5.74, 6) is 0.828. The molecule has 1 saturated heterocycles. The summed E-state index contributed by atoms with van der Waals surface area (Å²) in [7, 11) is 5.22. The van der Waals surface area contributed by atoms with Crippen LogP contribution in [0.4, 0.5) is 5.69 Å². The summed E-state index contributed by atoms with van der Waals surface area (Å²) in [6, 6.07) is 6.43. The zero-order valence-electron chi connectivity index (χ0n) is 20.4. The smallest absolute Gasteiger partial charge is 0.120 e. The molecule has 0 bridgehead atoms. The number of benzene rings is 1. The number of nitrogens with zero attached hydrogens (tertiary/aromatic N) is 2. The van der Waals surface area contributed by atoms with Crippen molar-refractivity contribution in [2.24, 2.45) is 11.7 Å². The third kappa shape index (κ3) is 3.88. The van der Waals surface area contributed by atoms with Crippen LogP contribution in [0, 0.1) is 5.92 Å². The number of fused-ring (bicyclic) bond motifs is 1. The lowest BCUT2D eigenvalue weighted by Gasteiger charge is -2.54. The molecule has 3 aliphatic heterocycles. The Hall–Kier alpha value is -1.60. The van der Waals surface area contributed by atoms with Crippen LogP contribution < -0.4 is 15.4 Å². The topological polar surface area (TPSA) is 82.2 Å². The Kier molecular flexibility index (Phi) is 8.95. The van der Waals surface area contributed by atoms with E-state index >= 15 is 0 Å². The first-order chi connectivity index (χ1) is 15.0. The Labute approximate surface area is 188 Å². The predicted octanol–water partition coefficient (Wildman–Crippen LogP) is 2.76. The Morgan fingerprint density at radius 2 is 1.77 bits per heavy atom. The van der Waals surface area contributed by atoms with Crippen molar-refractivity contribution in [3.63, 3.8) is 0 Å². The number of likely N-dealkylation sites (N-methyl/N-ethyl adjacent to an activating group) is 1. The van der Waals surface area contributed by atoms with E-state index in [0.29, 0.717) is 0 Å². The van der Waals surface area contributed by atoms with Crippen molar-refractivity contribution in [1.29, 1.82) is 0 Å². The molecule has 6 nitrogen and oxygen atoms in total. The van der Waals surface area contributed by atoms with Gasteiger partial charge in [0.2, 0.25) is 0 Å². The van der Waals surface area contributed by atoms with Crippen LogP contribution in [0.5, 0.6) is 5.75 Å². The highest BCUT2D eigenvalue weighted by Gasteiger charge is 2.67. The number of hydrogen-bond acceptors (Lipinski definition) is 6. The molecule has 0 aromatic heterocycles. The van der Waals surface area contributed by atoms with Gasteiger partial charge in [0.25, 0.3) is 0 Å². The number of ether oxygens (including phenoxy) is 1. The number of aliphatic hydroxyl groups is 2. The third-order valence-electron chi connectivity index (χ3n) is 6.90. The van der Waals surface area contributed by atoms with Gasteiger partial charge in [0.05, 0.1) is 19.3 Å². The second-order valence-electron chi connectivity index (χ2n) is 8.36. The van der Waals surface area contributed by atoms with Crippen molar-refractivity contribution < 1.29 is 14.9 Å². The molecule has 176 valence electrons. The van der Waals surface area contributed by atoms with E-state index in [1.54, 1.807) is 7.11 Å². The molecule has 1 aliphatic carbocycles. The Bertz CT molecular complexity index is 741. The first-order valence-electron chi connectivity index (χ1n) is 11.8. The van der Waals surface area contributed by atoms with Gasteiger partial charge in [-0.3, -0.25) is 4.90 Å². The SMILES string of the molecule is CC.CCC.CN.COc1ccc2c(c1)N(C)C1C(O)C(O)C3C=CCN4CCC21C34. The van der Waals surface area contributed by atoms with Crippen LogP contribution in [0.2, 0.25) is 0 Å². The molecule has 6 heteroatoms. The minimum absolute atomic E-state index is 0.00560. The van der Waals surface area contributed by atoms with Crippen LogP contribution in [0.1, 0.15) is 46.1 Å². The quantitative estimate of drug-likeness (QED) is 0.591. The van der Waals surface area contributed by atoms with E-state index in [0.717, 1.165) is 30.9 Å². The molecular formula is C25H43N3O3. The van der Waals surface area contributed by atoms with Gasteiger partial charge < -0.3 is 25.6 Å². The first kappa shape index (κ1) is 25.7. The molecule has 3 heterocycles. The molecule has 4 aliphatic rings. The summed E-state index contributed by atoms with van der Waals surface area (Å²) in [6.07, 6.45) is 5.07. The van der Waals surface area contributed by atoms with Gasteiger partial charge in [0, 0.05) is 42.7 Å². The van der Waals surface area contributed by atoms with Crippen LogP contribution >= 0.6 is 0 Å². The molecule has 31 heavy (non-hydrogen) atoms. The minimum atomic E-state index is -0.752. The fourth-order valence-corrected chi connectivity index (χ4v) is 6.04. The van der Waals surface area contributed by atoms with E-state index in [-0.39, 0.29) is 23.4 Å². The zero-order chi connectivity index (χ0) is 23.3. The second-order valence-corrected chi connectivity index (χ2v) is 8.36. The largest absolute Gasteiger partial charge is 0.497 e. The van der Waals surface area contributed by atoms with E-state index in [9.17, 15) is 10.2 Å². The van der Waals surface area contributed by atoms with Crippen molar-refractivity contribution in [2.45, 2.75) is 70.2 Å². The van der Waals surface area contributed by atoms with Gasteiger partial charge in [0.15, 0.2) is 0 Å². The van der Waals surface area contributed by atoms with Crippen molar-refractivity contribution in [2.75, 3.05) is 39.2 Å². The summed E-state index contributed by atoms with van der Waals surface area (Å²) in [5, 5.41) is 21.8. The van der Waals surface area contributed by atoms with Crippen molar-refractivity contribution in [1.82, 2.24) is 4.90 Å². The number of rotatable bonds is 1. The molecule has 2 fully saturated rings. The zero-order valence-corrected chi connectivity index (χ0v) is 20.4. The van der Waals surface area contributed by atoms with Gasteiger partial charge in [-0.15, -0.1) is 0 Å². The summed E-state index contributed by atoms with van der Waals surface area (Å²) in [4.78, 5) is 4.66. The maximum atomic E-state index is 11.0. The molecule has 5 rings (SSSR count). The van der Waals surface area contributed by atoms with Crippen LogP contribution in [0.15, 0.2) is 30.4 Å². The van der Waals surface area contributed by atoms with E-state index in [1.807, 2.05) is 27.0 Å². The average Bonchev–Trinajstić information content (AvgIpc) is 3.32. The van der Waals surface area contributed by atoms with E-state index < -0.39 is 12.2 Å². The van der Waals surface area contributed by atoms with E-state index in [2.05, 4.69) is 53.7 Å². The molecule has 0 amide bonds. The third-order valence-corrected chi connectivity index (χ3v) is 6.90. The van der Waals surface area contributed by atoms with Crippen LogP contribution in [-0.2, 0) is 5.41 Å². The normalized spacial score (nSPS) is 34.0. The number of methoxy groups -OCH3 is 1. The lowest BCUT2D eigenvalue weighted by molar-refractivity contribution is -0.0912. The maximum absolute atomic E-state index is 11.0. The summed E-state index contributed by atoms with van der Waals surface area (Å²) >= 11 is 0. The minimum Gasteiger partial charge on any atom is -0.497 e. The predicted molar refractivity (Wildman–Crippen MR) is 129 cm³/mol. The Morgan fingerprint density at radius 1 is 1.13 bits per heavy atom. The van der Waals surface area contributed by atoms with Crippen LogP contribution in [0.25, 0.3) is 0 Å². The van der Waals surface area contributed by atoms with Gasteiger partial charge in [-0.25, -0.2) is 0 Å². The molecule has 6 atom stereocenters. The van der Waals surface area contributed by atoms with Gasteiger partial charge in [0.1, 0.15) is 11.9 Å². The van der Waals surface area contributed by atoms with Gasteiger partial charge in [-0.1, -0.05) is 52.3 Å². The lowest BCUT2D eigenvalue weighted by atomic mass is 9.58. The van der Waals surface area contributed by atoms with Crippen LogP contribution in [0.3, 0.4) is 0 Å². The highest BCUT2D eigenvalue weighted by Crippen LogP contribution is 2.60. The Balaban J connectivity index is 0.000000442. The standard InChI is InChI=1S/C19H24N2O3.C3H8.C2H6.CH5N/c1-20-14-10-11(24-2)5-6-13(14)19-7-9-21-8-3-4-12(17(19)21)15(22)16(23)18(19)20;1-3-2;2*1-2/h3-6,10,12,15-18,22-23H,7-9H2,1-2H3;3H2,1-2H3;1-2H3;2H2,1H3. The molecule has 6 unspecified atom stereocenters. The number of nitrogens with two attached hydrogens (primary N) is 1. The molecule has 4 N–H and O–H groups in total. The molecule has 1 saturated carbocycles. The van der Waals surface area contributed by atoms with Gasteiger partial charge >= 0.3 is 0 Å². The molecule has 1 aromatic rings. The van der Waals surface area contributed by atoms with E-state index in [1.165, 1.54) is 19.0 Å². The lowest BCUT2D eigenvalue weighted by Crippen LogP contribution is -2.69. The second kappa shape index (κ2) is 10.8. The summed E-state index contributed by atoms with van der Waals surface area (Å²) in [5.41, 5.74) is 6.81. The highest BCUT2D eigenvalue weighted by molar-refractivity contribution is 5.69. The first-order valence-corrected chi connectivity index (χ1v) is 11.8. The van der Waals surface area contributed by atoms with Crippen molar-refractivity contribution in [3.05, 3.63) is 35.9 Å². The fourth-order valence-electron chi connectivity index (χ4n) is 6.04. The maximum Gasteiger partial charge on any atom is 0.120 e. The molecule has 1 spiro atoms. The number of hydrogen-bond donors (Lipinski definition) is 3. The molecule has 0 radical (unpaired) electrons. The van der Waals surface area contributed by atoms with Crippen molar-refractivity contribution >= 4 is 5.69 Å². The average molecular weight is 434 g/mol. The van der Waals surface area contributed by atoms with E-state index in [4.69, 9.17) is 4.74 Å². The summed E-state index contributed by atoms with van der Waals surface area (Å²) < 4.78 is 5.41. The number of aliphatic hydroxyl groups excluding tert-OH is 2. The molecular weight excluding hydrogens is 390 g/mol. The monoisotopic (exact) mass is 433 g/mol. The Morgan fingerprint density at radius 3 is 2.39 bits per heavy atom. The van der Waals surface area contributed by atoms with Crippen LogP contribution in [-0.4, -0.2) is 73.7 Å². The summed E-state index contributed by atoms with van der Waals surface area (Å²) in [6.45, 7) is 10.2. The molecule has 1 aromatic carbocycles. The number of anilines is 1.